The van der Waals surface area contributed by atoms with Crippen molar-refractivity contribution in [3.05, 3.63) is 23.8 Å². The lowest BCUT2D eigenvalue weighted by atomic mass is 9.96. The molecule has 8 heteroatoms. The van der Waals surface area contributed by atoms with E-state index in [-0.39, 0.29) is 22.5 Å². The van der Waals surface area contributed by atoms with E-state index in [4.69, 9.17) is 4.74 Å². The molecule has 0 aliphatic heterocycles. The summed E-state index contributed by atoms with van der Waals surface area (Å²) in [4.78, 5) is 11.2. The first-order valence-corrected chi connectivity index (χ1v) is 9.97. The molecule has 0 aromatic heterocycles. The SMILES string of the molecule is COCC(C)Nc1ccc(C(=O)O)cc1S(=O)(=O)NC1CCCCC1. The van der Waals surface area contributed by atoms with Gasteiger partial charge in [0.1, 0.15) is 4.90 Å². The molecule has 0 saturated heterocycles. The van der Waals surface area contributed by atoms with Gasteiger partial charge in [-0.3, -0.25) is 0 Å². The van der Waals surface area contributed by atoms with Gasteiger partial charge in [-0.2, -0.15) is 0 Å². The quantitative estimate of drug-likeness (QED) is 0.649. The molecule has 1 atom stereocenters. The van der Waals surface area contributed by atoms with Crippen LogP contribution in [0.1, 0.15) is 49.4 Å². The van der Waals surface area contributed by atoms with Crippen LogP contribution in [0.3, 0.4) is 0 Å². The van der Waals surface area contributed by atoms with Crippen LogP contribution in [0.25, 0.3) is 0 Å². The minimum atomic E-state index is -3.82. The van der Waals surface area contributed by atoms with Crippen molar-refractivity contribution in [2.75, 3.05) is 19.0 Å². The van der Waals surface area contributed by atoms with Crippen LogP contribution in [0, 0.1) is 0 Å². The predicted molar refractivity (Wildman–Crippen MR) is 95.6 cm³/mol. The van der Waals surface area contributed by atoms with Crippen molar-refractivity contribution in [2.45, 2.75) is 56.0 Å². The fourth-order valence-corrected chi connectivity index (χ4v) is 4.56. The highest BCUT2D eigenvalue weighted by Crippen LogP contribution is 2.26. The van der Waals surface area contributed by atoms with Crippen LogP contribution in [-0.2, 0) is 14.8 Å². The molecule has 3 N–H and O–H groups in total. The van der Waals surface area contributed by atoms with E-state index in [1.807, 2.05) is 6.92 Å². The van der Waals surface area contributed by atoms with Gasteiger partial charge in [0.25, 0.3) is 0 Å². The van der Waals surface area contributed by atoms with Gasteiger partial charge in [0.15, 0.2) is 0 Å². The summed E-state index contributed by atoms with van der Waals surface area (Å²) in [5, 5.41) is 12.3. The van der Waals surface area contributed by atoms with Crippen LogP contribution >= 0.6 is 0 Å². The Morgan fingerprint density at radius 2 is 2.00 bits per heavy atom. The molecule has 1 aromatic rings. The zero-order chi connectivity index (χ0) is 18.4. The third-order valence-corrected chi connectivity index (χ3v) is 5.82. The average molecular weight is 370 g/mol. The molecular weight excluding hydrogens is 344 g/mol. The molecule has 0 heterocycles. The number of aromatic carboxylic acids is 1. The van der Waals surface area contributed by atoms with Crippen molar-refractivity contribution in [3.8, 4) is 0 Å². The number of carbonyl (C=O) groups is 1. The number of nitrogens with one attached hydrogen (secondary N) is 2. The van der Waals surface area contributed by atoms with E-state index in [1.54, 1.807) is 7.11 Å². The number of hydrogen-bond donors (Lipinski definition) is 3. The molecule has 1 fully saturated rings. The molecule has 1 unspecified atom stereocenters. The van der Waals surface area contributed by atoms with Gasteiger partial charge in [-0.15, -0.1) is 0 Å². The van der Waals surface area contributed by atoms with Crippen molar-refractivity contribution >= 4 is 21.7 Å². The summed E-state index contributed by atoms with van der Waals surface area (Å²) in [6, 6.07) is 3.87. The van der Waals surface area contributed by atoms with E-state index in [2.05, 4.69) is 10.0 Å². The number of hydrogen-bond acceptors (Lipinski definition) is 5. The maximum Gasteiger partial charge on any atom is 0.335 e. The van der Waals surface area contributed by atoms with Crippen molar-refractivity contribution < 1.29 is 23.1 Å². The highest BCUT2D eigenvalue weighted by Gasteiger charge is 2.25. The smallest absolute Gasteiger partial charge is 0.335 e. The monoisotopic (exact) mass is 370 g/mol. The number of methoxy groups -OCH3 is 1. The third-order valence-electron chi connectivity index (χ3n) is 4.26. The highest BCUT2D eigenvalue weighted by atomic mass is 32.2. The molecule has 0 radical (unpaired) electrons. The van der Waals surface area contributed by atoms with Gasteiger partial charge in [-0.1, -0.05) is 19.3 Å². The first-order valence-electron chi connectivity index (χ1n) is 8.48. The van der Waals surface area contributed by atoms with E-state index < -0.39 is 16.0 Å². The molecule has 1 aromatic carbocycles. The van der Waals surface area contributed by atoms with Gasteiger partial charge in [0.2, 0.25) is 10.0 Å². The number of carboxylic acids is 1. The summed E-state index contributed by atoms with van der Waals surface area (Å²) in [6.07, 6.45) is 4.73. The Morgan fingerprint density at radius 1 is 1.32 bits per heavy atom. The molecule has 1 saturated carbocycles. The zero-order valence-electron chi connectivity index (χ0n) is 14.6. The van der Waals surface area contributed by atoms with Gasteiger partial charge in [-0.05, 0) is 38.0 Å². The predicted octanol–water partition coefficient (Wildman–Crippen LogP) is 2.44. The van der Waals surface area contributed by atoms with E-state index in [0.29, 0.717) is 12.3 Å². The standard InChI is InChI=1S/C17H26N2O5S/c1-12(11-24-2)18-15-9-8-13(17(20)21)10-16(15)25(22,23)19-14-6-4-3-5-7-14/h8-10,12,14,18-19H,3-7,11H2,1-2H3,(H,20,21). The summed E-state index contributed by atoms with van der Waals surface area (Å²) >= 11 is 0. The molecule has 2 rings (SSSR count). The largest absolute Gasteiger partial charge is 0.478 e. The van der Waals surface area contributed by atoms with E-state index in [9.17, 15) is 18.3 Å². The lowest BCUT2D eigenvalue weighted by Crippen LogP contribution is -2.36. The Bertz CT molecular complexity index is 699. The summed E-state index contributed by atoms with van der Waals surface area (Å²) in [7, 11) is -2.26. The lowest BCUT2D eigenvalue weighted by Gasteiger charge is -2.24. The Labute approximate surface area is 148 Å². The second-order valence-corrected chi connectivity index (χ2v) is 8.16. The van der Waals surface area contributed by atoms with E-state index in [0.717, 1.165) is 32.1 Å². The zero-order valence-corrected chi connectivity index (χ0v) is 15.4. The normalized spacial score (nSPS) is 17.2. The number of rotatable bonds is 8. The molecule has 0 spiro atoms. The highest BCUT2D eigenvalue weighted by molar-refractivity contribution is 7.89. The minimum Gasteiger partial charge on any atom is -0.478 e. The molecule has 25 heavy (non-hydrogen) atoms. The number of anilines is 1. The summed E-state index contributed by atoms with van der Waals surface area (Å²) in [6.45, 7) is 2.26. The van der Waals surface area contributed by atoms with Gasteiger partial charge in [0, 0.05) is 19.2 Å². The molecule has 0 bridgehead atoms. The molecule has 7 nitrogen and oxygen atoms in total. The van der Waals surface area contributed by atoms with Crippen LogP contribution < -0.4 is 10.0 Å². The molecule has 1 aliphatic rings. The summed E-state index contributed by atoms with van der Waals surface area (Å²) in [5.74, 6) is -1.16. The van der Waals surface area contributed by atoms with Gasteiger partial charge in [0.05, 0.1) is 17.9 Å². The Kier molecular flexibility index (Phi) is 6.80. The maximum atomic E-state index is 12.9. The lowest BCUT2D eigenvalue weighted by molar-refractivity contribution is 0.0696. The Balaban J connectivity index is 2.33. The third kappa shape index (κ3) is 5.42. The van der Waals surface area contributed by atoms with Crippen molar-refractivity contribution in [2.24, 2.45) is 0 Å². The van der Waals surface area contributed by atoms with E-state index in [1.165, 1.54) is 18.2 Å². The van der Waals surface area contributed by atoms with Crippen LogP contribution in [0.5, 0.6) is 0 Å². The molecular formula is C17H26N2O5S. The fraction of sp³-hybridized carbons (Fsp3) is 0.588. The summed E-state index contributed by atoms with van der Waals surface area (Å²) in [5.41, 5.74) is 0.312. The van der Waals surface area contributed by atoms with Gasteiger partial charge >= 0.3 is 5.97 Å². The average Bonchev–Trinajstić information content (AvgIpc) is 2.55. The van der Waals surface area contributed by atoms with Gasteiger partial charge < -0.3 is 15.2 Å². The number of sulfonamides is 1. The first-order chi connectivity index (χ1) is 11.8. The molecule has 1 aliphatic carbocycles. The van der Waals surface area contributed by atoms with Crippen LogP contribution in [0.4, 0.5) is 5.69 Å². The first kappa shape index (κ1) is 19.7. The van der Waals surface area contributed by atoms with Crippen LogP contribution in [-0.4, -0.2) is 45.3 Å². The topological polar surface area (TPSA) is 105 Å². The molecule has 0 amide bonds. The van der Waals surface area contributed by atoms with Crippen molar-refractivity contribution in [1.29, 1.82) is 0 Å². The van der Waals surface area contributed by atoms with E-state index >= 15 is 0 Å². The fourth-order valence-electron chi connectivity index (χ4n) is 3.06. The van der Waals surface area contributed by atoms with Crippen LogP contribution in [0.15, 0.2) is 23.1 Å². The molecule has 140 valence electrons. The Morgan fingerprint density at radius 3 is 2.60 bits per heavy atom. The number of benzene rings is 1. The van der Waals surface area contributed by atoms with Crippen molar-refractivity contribution in [1.82, 2.24) is 4.72 Å². The second kappa shape index (κ2) is 8.64. The van der Waals surface area contributed by atoms with Crippen molar-refractivity contribution in [3.63, 3.8) is 0 Å². The Hall–Kier alpha value is -1.64. The maximum absolute atomic E-state index is 12.9. The summed E-state index contributed by atoms with van der Waals surface area (Å²) < 4.78 is 33.5. The second-order valence-electron chi connectivity index (χ2n) is 6.47. The van der Waals surface area contributed by atoms with Crippen LogP contribution in [0.2, 0.25) is 0 Å². The number of carboxylic acid groups (broad SMARTS) is 1. The number of ether oxygens (including phenoxy) is 1. The minimum absolute atomic E-state index is 0.0408. The van der Waals surface area contributed by atoms with Gasteiger partial charge in [-0.25, -0.2) is 17.9 Å².